The zero-order valence-corrected chi connectivity index (χ0v) is 17.6. The van der Waals surface area contributed by atoms with Gasteiger partial charge in [-0.2, -0.15) is 0 Å². The molecule has 0 bridgehead atoms. The molecule has 2 heterocycles. The summed E-state index contributed by atoms with van der Waals surface area (Å²) < 4.78 is 7.12. The van der Waals surface area contributed by atoms with Gasteiger partial charge >= 0.3 is 5.15 Å². The molecule has 0 aliphatic carbocycles. The van der Waals surface area contributed by atoms with Gasteiger partial charge < -0.3 is 15.2 Å². The van der Waals surface area contributed by atoms with Crippen LogP contribution in [0.15, 0.2) is 48.5 Å². The predicted molar refractivity (Wildman–Crippen MR) is 113 cm³/mol. The van der Waals surface area contributed by atoms with Crippen molar-refractivity contribution in [2.75, 3.05) is 6.54 Å². The third-order valence-corrected chi connectivity index (χ3v) is 5.95. The minimum atomic E-state index is -0.754. The van der Waals surface area contributed by atoms with Crippen LogP contribution in [0.3, 0.4) is 0 Å². The van der Waals surface area contributed by atoms with Crippen molar-refractivity contribution in [2.45, 2.75) is 44.9 Å². The van der Waals surface area contributed by atoms with Gasteiger partial charge in [0.15, 0.2) is 0 Å². The van der Waals surface area contributed by atoms with E-state index in [1.807, 2.05) is 51.1 Å². The first-order chi connectivity index (χ1) is 13.8. The van der Waals surface area contributed by atoms with E-state index < -0.39 is 11.7 Å². The van der Waals surface area contributed by atoms with Gasteiger partial charge in [0.25, 0.3) is 5.52 Å². The van der Waals surface area contributed by atoms with Gasteiger partial charge in [-0.1, -0.05) is 30.3 Å². The van der Waals surface area contributed by atoms with Crippen molar-refractivity contribution in [3.63, 3.8) is 0 Å². The van der Waals surface area contributed by atoms with Crippen LogP contribution in [0.1, 0.15) is 36.6 Å². The van der Waals surface area contributed by atoms with Gasteiger partial charge in [0.2, 0.25) is 0 Å². The second kappa shape index (κ2) is 7.48. The molecule has 4 rings (SSSR count). The number of aryl methyl sites for hydroxylation is 1. The van der Waals surface area contributed by atoms with Crippen molar-refractivity contribution in [3.05, 3.63) is 70.4 Å². The van der Waals surface area contributed by atoms with Crippen molar-refractivity contribution < 1.29 is 19.8 Å². The third-order valence-electron chi connectivity index (χ3n) is 5.68. The number of rotatable bonds is 4. The highest BCUT2D eigenvalue weighted by atomic mass is 35.5. The zero-order chi connectivity index (χ0) is 20.8. The standard InChI is InChI=1S/C23H26ClN2O3/c1-14-11-20(24)26(28)18-12-17-19(13-16(14)18)29-23(2,3)22(27)21(17)25-10-9-15-7-5-4-6-8-15/h4-8,11-13,21-22,25,27-28H,9-10H2,1-3H3/q+1/t21-,22+/m0/s1. The van der Waals surface area contributed by atoms with Gasteiger partial charge in [0.05, 0.1) is 11.4 Å². The van der Waals surface area contributed by atoms with Crippen molar-refractivity contribution in [1.82, 2.24) is 5.32 Å². The van der Waals surface area contributed by atoms with Gasteiger partial charge in [-0.15, -0.1) is 0 Å². The molecule has 1 aliphatic rings. The molecule has 2 atom stereocenters. The Labute approximate surface area is 175 Å². The van der Waals surface area contributed by atoms with Gasteiger partial charge in [0.1, 0.15) is 17.5 Å². The minimum absolute atomic E-state index is 0.237. The summed E-state index contributed by atoms with van der Waals surface area (Å²) in [7, 11) is 0. The zero-order valence-electron chi connectivity index (χ0n) is 16.8. The first-order valence-corrected chi connectivity index (χ1v) is 10.2. The Morgan fingerprint density at radius 1 is 1.17 bits per heavy atom. The van der Waals surface area contributed by atoms with E-state index in [2.05, 4.69) is 17.4 Å². The average molecular weight is 414 g/mol. The number of aliphatic hydroxyl groups excluding tert-OH is 1. The molecule has 3 aromatic rings. The number of aromatic nitrogens is 1. The van der Waals surface area contributed by atoms with E-state index in [9.17, 15) is 10.3 Å². The Balaban J connectivity index is 1.72. The van der Waals surface area contributed by atoms with Crippen LogP contribution in [0.2, 0.25) is 5.15 Å². The van der Waals surface area contributed by atoms with E-state index in [0.717, 1.165) is 27.7 Å². The summed E-state index contributed by atoms with van der Waals surface area (Å²) in [5, 5.41) is 26.0. The second-order valence-electron chi connectivity index (χ2n) is 8.19. The van der Waals surface area contributed by atoms with Crippen molar-refractivity contribution >= 4 is 22.5 Å². The summed E-state index contributed by atoms with van der Waals surface area (Å²) in [5.74, 6) is 0.704. The maximum Gasteiger partial charge on any atom is 0.326 e. The summed E-state index contributed by atoms with van der Waals surface area (Å²) in [6.07, 6.45) is 0.0924. The van der Waals surface area contributed by atoms with E-state index in [0.29, 0.717) is 17.8 Å². The largest absolute Gasteiger partial charge is 0.485 e. The van der Waals surface area contributed by atoms with Crippen LogP contribution in [-0.4, -0.2) is 28.6 Å². The molecule has 29 heavy (non-hydrogen) atoms. The van der Waals surface area contributed by atoms with E-state index in [1.165, 1.54) is 5.56 Å². The second-order valence-corrected chi connectivity index (χ2v) is 8.57. The number of pyridine rings is 1. The maximum absolute atomic E-state index is 11.0. The Bertz CT molecular complexity index is 1050. The van der Waals surface area contributed by atoms with Gasteiger partial charge in [-0.3, -0.25) is 5.21 Å². The molecule has 152 valence electrons. The summed E-state index contributed by atoms with van der Waals surface area (Å²) >= 11 is 6.15. The van der Waals surface area contributed by atoms with Crippen LogP contribution in [-0.2, 0) is 6.42 Å². The first-order valence-electron chi connectivity index (χ1n) is 9.80. The number of ether oxygens (including phenoxy) is 1. The molecule has 0 unspecified atom stereocenters. The molecule has 0 amide bonds. The third kappa shape index (κ3) is 3.66. The lowest BCUT2D eigenvalue weighted by atomic mass is 9.85. The Hall–Kier alpha value is -2.34. The fourth-order valence-electron chi connectivity index (χ4n) is 3.99. The van der Waals surface area contributed by atoms with Crippen molar-refractivity contribution in [1.29, 1.82) is 0 Å². The van der Waals surface area contributed by atoms with E-state index in [4.69, 9.17) is 16.3 Å². The highest BCUT2D eigenvalue weighted by molar-refractivity contribution is 6.28. The number of nitrogens with zero attached hydrogens (tertiary/aromatic N) is 1. The molecule has 3 N–H and O–H groups in total. The fraction of sp³-hybridized carbons (Fsp3) is 0.348. The lowest BCUT2D eigenvalue weighted by Gasteiger charge is -2.42. The molecular weight excluding hydrogens is 388 g/mol. The van der Waals surface area contributed by atoms with E-state index in [-0.39, 0.29) is 11.2 Å². The number of nitrogens with one attached hydrogen (secondary N) is 1. The predicted octanol–water partition coefficient (Wildman–Crippen LogP) is 3.73. The molecule has 0 spiro atoms. The molecule has 6 heteroatoms. The number of aliphatic hydroxyl groups is 1. The number of fused-ring (bicyclic) bond motifs is 2. The van der Waals surface area contributed by atoms with Crippen LogP contribution in [0.25, 0.3) is 10.9 Å². The highest BCUT2D eigenvalue weighted by Crippen LogP contribution is 2.42. The van der Waals surface area contributed by atoms with E-state index in [1.54, 1.807) is 6.07 Å². The Morgan fingerprint density at radius 2 is 1.90 bits per heavy atom. The molecular formula is C23H26ClN2O3+. The topological polar surface area (TPSA) is 65.6 Å². The molecule has 1 aromatic heterocycles. The summed E-state index contributed by atoms with van der Waals surface area (Å²) in [6.45, 7) is 6.42. The van der Waals surface area contributed by atoms with Crippen LogP contribution < -0.4 is 14.8 Å². The van der Waals surface area contributed by atoms with Crippen LogP contribution in [0.4, 0.5) is 0 Å². The highest BCUT2D eigenvalue weighted by Gasteiger charge is 2.43. The van der Waals surface area contributed by atoms with Gasteiger partial charge in [0, 0.05) is 22.4 Å². The molecule has 2 aromatic carbocycles. The number of halogens is 1. The maximum atomic E-state index is 11.0. The van der Waals surface area contributed by atoms with Crippen LogP contribution in [0.5, 0.6) is 5.75 Å². The first kappa shape index (κ1) is 20.0. The van der Waals surface area contributed by atoms with E-state index >= 15 is 0 Å². The van der Waals surface area contributed by atoms with Gasteiger partial charge in [-0.25, -0.2) is 0 Å². The molecule has 0 fully saturated rings. The smallest absolute Gasteiger partial charge is 0.326 e. The van der Waals surface area contributed by atoms with Gasteiger partial charge in [-0.05, 0) is 62.5 Å². The number of hydrogen-bond acceptors (Lipinski definition) is 4. The molecule has 0 radical (unpaired) electrons. The van der Waals surface area contributed by atoms with Crippen LogP contribution >= 0.6 is 11.6 Å². The summed E-state index contributed by atoms with van der Waals surface area (Å²) in [5.41, 5.74) is 2.82. The lowest BCUT2D eigenvalue weighted by molar-refractivity contribution is -0.882. The van der Waals surface area contributed by atoms with Crippen LogP contribution in [0, 0.1) is 6.92 Å². The normalized spacial score (nSPS) is 20.3. The molecule has 0 saturated carbocycles. The average Bonchev–Trinajstić information content (AvgIpc) is 2.69. The summed E-state index contributed by atoms with van der Waals surface area (Å²) in [4.78, 5) is 0. The lowest BCUT2D eigenvalue weighted by Crippen LogP contribution is -2.53. The SMILES string of the molecule is Cc1cc(Cl)[n+](O)c2cc3c(cc12)OC(C)(C)[C@H](O)[C@H]3NCCc1ccccc1. The summed E-state index contributed by atoms with van der Waals surface area (Å²) in [6, 6.07) is 15.4. The minimum Gasteiger partial charge on any atom is -0.485 e. The molecule has 5 nitrogen and oxygen atoms in total. The molecule has 0 saturated heterocycles. The monoisotopic (exact) mass is 413 g/mol. The Kier molecular flexibility index (Phi) is 5.15. The van der Waals surface area contributed by atoms with Crippen molar-refractivity contribution in [2.24, 2.45) is 0 Å². The molecule has 1 aliphatic heterocycles. The van der Waals surface area contributed by atoms with Crippen molar-refractivity contribution in [3.8, 4) is 5.75 Å². The quantitative estimate of drug-likeness (QED) is 0.346. The number of hydrogen-bond donors (Lipinski definition) is 3. The Morgan fingerprint density at radius 3 is 2.62 bits per heavy atom. The fourth-order valence-corrected chi connectivity index (χ4v) is 4.25. The number of benzene rings is 2.